The Morgan fingerprint density at radius 3 is 2.62 bits per heavy atom. The van der Waals surface area contributed by atoms with Crippen LogP contribution in [-0.2, 0) is 24.9 Å². The van der Waals surface area contributed by atoms with Crippen molar-refractivity contribution in [3.8, 4) is 0 Å². The highest BCUT2D eigenvalue weighted by molar-refractivity contribution is 5.78. The molecule has 3 aromatic rings. The maximum atomic E-state index is 5.27. The molecule has 0 bridgehead atoms. The average molecular weight is 324 g/mol. The van der Waals surface area contributed by atoms with Gasteiger partial charge in [-0.2, -0.15) is 5.10 Å². The van der Waals surface area contributed by atoms with E-state index < -0.39 is 0 Å². The highest BCUT2D eigenvalue weighted by Gasteiger charge is 2.11. The zero-order valence-electron chi connectivity index (χ0n) is 14.6. The first-order chi connectivity index (χ1) is 11.7. The van der Waals surface area contributed by atoms with E-state index in [-0.39, 0.29) is 0 Å². The number of fused-ring (bicyclic) bond motifs is 1. The molecule has 0 unspecified atom stereocenters. The summed E-state index contributed by atoms with van der Waals surface area (Å²) in [4.78, 5) is 6.97. The Balaban J connectivity index is 1.79. The summed E-state index contributed by atoms with van der Waals surface area (Å²) in [5.41, 5.74) is 4.46. The number of aryl methyl sites for hydroxylation is 2. The van der Waals surface area contributed by atoms with Crippen LogP contribution in [0.1, 0.15) is 16.8 Å². The van der Waals surface area contributed by atoms with Gasteiger partial charge >= 0.3 is 0 Å². The predicted octanol–water partition coefficient (Wildman–Crippen LogP) is 2.93. The molecule has 0 aliphatic carbocycles. The number of hydrogen-bond donors (Lipinski definition) is 0. The van der Waals surface area contributed by atoms with Crippen LogP contribution in [0.25, 0.3) is 11.0 Å². The molecule has 1 aromatic carbocycles. The monoisotopic (exact) mass is 324 g/mol. The molecule has 5 nitrogen and oxygen atoms in total. The molecule has 0 aliphatic heterocycles. The van der Waals surface area contributed by atoms with Crippen molar-refractivity contribution in [2.24, 2.45) is 7.05 Å². The van der Waals surface area contributed by atoms with Crippen LogP contribution in [0.2, 0.25) is 0 Å². The zero-order chi connectivity index (χ0) is 16.9. The van der Waals surface area contributed by atoms with Crippen molar-refractivity contribution in [3.63, 3.8) is 0 Å². The fourth-order valence-corrected chi connectivity index (χ4v) is 2.97. The lowest BCUT2D eigenvalue weighted by Gasteiger charge is -2.22. The van der Waals surface area contributed by atoms with Gasteiger partial charge in [0.1, 0.15) is 0 Å². The van der Waals surface area contributed by atoms with Gasteiger partial charge in [0.25, 0.3) is 0 Å². The van der Waals surface area contributed by atoms with E-state index in [4.69, 9.17) is 4.74 Å². The van der Waals surface area contributed by atoms with Crippen molar-refractivity contribution in [2.45, 2.75) is 20.0 Å². The van der Waals surface area contributed by atoms with Crippen LogP contribution in [0.5, 0.6) is 0 Å². The maximum Gasteiger partial charge on any atom is 0.157 e. The second-order valence-corrected chi connectivity index (χ2v) is 6.11. The second kappa shape index (κ2) is 7.55. The van der Waals surface area contributed by atoms with Crippen molar-refractivity contribution >= 4 is 11.0 Å². The molecule has 0 spiro atoms. The average Bonchev–Trinajstić information content (AvgIpc) is 2.87. The topological polar surface area (TPSA) is 43.2 Å². The van der Waals surface area contributed by atoms with Gasteiger partial charge in [0.05, 0.1) is 12.3 Å². The molecule has 3 rings (SSSR count). The number of rotatable bonds is 7. The number of benzene rings is 1. The first kappa shape index (κ1) is 16.6. The van der Waals surface area contributed by atoms with Crippen molar-refractivity contribution in [2.75, 3.05) is 20.3 Å². The highest BCUT2D eigenvalue weighted by Crippen LogP contribution is 2.18. The Bertz CT molecular complexity index is 798. The standard InChI is InChI=1S/C19H24N4O/c1-15-18-11-17(12-20-19(18)22(2)21-15)14-23(9-10-24-3)13-16-7-5-4-6-8-16/h4-8,11-12H,9-10,13-14H2,1-3H3. The fraction of sp³-hybridized carbons (Fsp3) is 0.368. The van der Waals surface area contributed by atoms with E-state index in [2.05, 4.69) is 45.3 Å². The summed E-state index contributed by atoms with van der Waals surface area (Å²) in [7, 11) is 3.68. The summed E-state index contributed by atoms with van der Waals surface area (Å²) in [5, 5.41) is 5.57. The fourth-order valence-electron chi connectivity index (χ4n) is 2.97. The first-order valence-electron chi connectivity index (χ1n) is 8.21. The van der Waals surface area contributed by atoms with Gasteiger partial charge in [-0.25, -0.2) is 4.98 Å². The Labute approximate surface area is 142 Å². The van der Waals surface area contributed by atoms with E-state index in [0.717, 1.165) is 36.4 Å². The van der Waals surface area contributed by atoms with E-state index in [9.17, 15) is 0 Å². The lowest BCUT2D eigenvalue weighted by molar-refractivity contribution is 0.140. The van der Waals surface area contributed by atoms with Crippen LogP contribution in [0.15, 0.2) is 42.6 Å². The molecule has 0 radical (unpaired) electrons. The summed E-state index contributed by atoms with van der Waals surface area (Å²) < 4.78 is 7.10. The number of hydrogen-bond acceptors (Lipinski definition) is 4. The van der Waals surface area contributed by atoms with Gasteiger partial charge in [0, 0.05) is 45.4 Å². The van der Waals surface area contributed by atoms with Gasteiger partial charge < -0.3 is 4.74 Å². The van der Waals surface area contributed by atoms with Crippen molar-refractivity contribution in [1.82, 2.24) is 19.7 Å². The summed E-state index contributed by atoms with van der Waals surface area (Å²) in [6.07, 6.45) is 1.95. The molecule has 5 heteroatoms. The number of aromatic nitrogens is 3. The molecule has 24 heavy (non-hydrogen) atoms. The Morgan fingerprint density at radius 2 is 1.88 bits per heavy atom. The van der Waals surface area contributed by atoms with Crippen LogP contribution in [-0.4, -0.2) is 39.9 Å². The Hall–Kier alpha value is -2.24. The SMILES string of the molecule is COCCN(Cc1ccccc1)Cc1cnc2c(c1)c(C)nn2C. The van der Waals surface area contributed by atoms with E-state index in [1.807, 2.05) is 30.9 Å². The summed E-state index contributed by atoms with van der Waals surface area (Å²) >= 11 is 0. The van der Waals surface area contributed by atoms with Crippen LogP contribution in [0, 0.1) is 6.92 Å². The van der Waals surface area contributed by atoms with Crippen molar-refractivity contribution in [3.05, 3.63) is 59.4 Å². The Morgan fingerprint density at radius 1 is 1.12 bits per heavy atom. The second-order valence-electron chi connectivity index (χ2n) is 6.11. The molecule has 0 aliphatic rings. The van der Waals surface area contributed by atoms with Gasteiger partial charge in [0.15, 0.2) is 5.65 Å². The number of nitrogens with zero attached hydrogens (tertiary/aromatic N) is 4. The molecular formula is C19H24N4O. The zero-order valence-corrected chi connectivity index (χ0v) is 14.6. The molecule has 2 aromatic heterocycles. The number of methoxy groups -OCH3 is 1. The lowest BCUT2D eigenvalue weighted by Crippen LogP contribution is -2.26. The summed E-state index contributed by atoms with van der Waals surface area (Å²) in [6.45, 7) is 5.37. The van der Waals surface area contributed by atoms with Gasteiger partial charge in [-0.15, -0.1) is 0 Å². The predicted molar refractivity (Wildman–Crippen MR) is 95.7 cm³/mol. The lowest BCUT2D eigenvalue weighted by atomic mass is 10.1. The van der Waals surface area contributed by atoms with Crippen molar-refractivity contribution in [1.29, 1.82) is 0 Å². The molecule has 0 fully saturated rings. The van der Waals surface area contributed by atoms with Gasteiger partial charge in [0.2, 0.25) is 0 Å². The first-order valence-corrected chi connectivity index (χ1v) is 8.21. The van der Waals surface area contributed by atoms with E-state index >= 15 is 0 Å². The van der Waals surface area contributed by atoms with Crippen molar-refractivity contribution < 1.29 is 4.74 Å². The van der Waals surface area contributed by atoms with E-state index in [1.165, 1.54) is 11.1 Å². The maximum absolute atomic E-state index is 5.27. The summed E-state index contributed by atoms with van der Waals surface area (Å²) in [6, 6.07) is 12.7. The van der Waals surface area contributed by atoms with Crippen LogP contribution >= 0.6 is 0 Å². The third-order valence-corrected chi connectivity index (χ3v) is 4.19. The minimum absolute atomic E-state index is 0.717. The quantitative estimate of drug-likeness (QED) is 0.670. The largest absolute Gasteiger partial charge is 0.383 e. The molecule has 0 atom stereocenters. The minimum Gasteiger partial charge on any atom is -0.383 e. The Kier molecular flexibility index (Phi) is 5.23. The molecule has 2 heterocycles. The molecule has 0 amide bonds. The molecular weight excluding hydrogens is 300 g/mol. The molecule has 0 N–H and O–H groups in total. The summed E-state index contributed by atoms with van der Waals surface area (Å²) in [5.74, 6) is 0. The van der Waals surface area contributed by atoms with Crippen LogP contribution in [0.3, 0.4) is 0 Å². The van der Waals surface area contributed by atoms with Crippen LogP contribution in [0.4, 0.5) is 0 Å². The minimum atomic E-state index is 0.717. The number of ether oxygens (including phenoxy) is 1. The highest BCUT2D eigenvalue weighted by atomic mass is 16.5. The normalized spacial score (nSPS) is 11.5. The molecule has 0 saturated carbocycles. The van der Waals surface area contributed by atoms with Gasteiger partial charge in [-0.1, -0.05) is 30.3 Å². The van der Waals surface area contributed by atoms with Gasteiger partial charge in [-0.05, 0) is 24.1 Å². The third kappa shape index (κ3) is 3.80. The smallest absolute Gasteiger partial charge is 0.157 e. The van der Waals surface area contributed by atoms with Gasteiger partial charge in [-0.3, -0.25) is 9.58 Å². The van der Waals surface area contributed by atoms with E-state index in [1.54, 1.807) is 7.11 Å². The van der Waals surface area contributed by atoms with Crippen LogP contribution < -0.4 is 0 Å². The molecule has 126 valence electrons. The molecule has 0 saturated heterocycles. The van der Waals surface area contributed by atoms with E-state index in [0.29, 0.717) is 6.61 Å². The third-order valence-electron chi connectivity index (χ3n) is 4.19. The number of pyridine rings is 1.